The van der Waals surface area contributed by atoms with Gasteiger partial charge in [-0.2, -0.15) is 5.10 Å². The monoisotopic (exact) mass is 342 g/mol. The number of carbonyl (C=O) groups is 1. The van der Waals surface area contributed by atoms with Crippen LogP contribution in [0.4, 0.5) is 5.82 Å². The highest BCUT2D eigenvalue weighted by molar-refractivity contribution is 5.92. The van der Waals surface area contributed by atoms with Crippen molar-refractivity contribution in [3.63, 3.8) is 0 Å². The summed E-state index contributed by atoms with van der Waals surface area (Å²) < 4.78 is 7.24. The van der Waals surface area contributed by atoms with Crippen molar-refractivity contribution in [3.8, 4) is 0 Å². The first kappa shape index (κ1) is 16.0. The number of amides is 1. The molecule has 2 aromatic rings. The van der Waals surface area contributed by atoms with Gasteiger partial charge in [0.05, 0.1) is 13.2 Å². The predicted molar refractivity (Wildman–Crippen MR) is 91.3 cm³/mol. The Labute approximate surface area is 146 Å². The standard InChI is InChI=1S/C17H22N6O2/c1-21-9-5-13(20-21)17(24)23-10-11-25-12-14(23)16-18-6-4-15(19-16)22-7-2-3-8-22/h4-6,9,14H,2-3,7-8,10-12H2,1H3. The lowest BCUT2D eigenvalue weighted by atomic mass is 10.2. The van der Waals surface area contributed by atoms with E-state index in [1.54, 1.807) is 35.1 Å². The molecular formula is C17H22N6O2. The third-order valence-electron chi connectivity index (χ3n) is 4.71. The van der Waals surface area contributed by atoms with Crippen molar-refractivity contribution in [3.05, 3.63) is 36.0 Å². The molecule has 4 heterocycles. The van der Waals surface area contributed by atoms with Crippen LogP contribution in [0.25, 0.3) is 0 Å². The van der Waals surface area contributed by atoms with Gasteiger partial charge in [0.15, 0.2) is 5.82 Å². The van der Waals surface area contributed by atoms with E-state index in [0.717, 1.165) is 18.9 Å². The Bertz CT molecular complexity index is 755. The zero-order valence-corrected chi connectivity index (χ0v) is 14.3. The Morgan fingerprint density at radius 1 is 1.24 bits per heavy atom. The van der Waals surface area contributed by atoms with Crippen LogP contribution < -0.4 is 4.90 Å². The molecule has 1 atom stereocenters. The van der Waals surface area contributed by atoms with Crippen LogP contribution in [0.2, 0.25) is 0 Å². The summed E-state index contributed by atoms with van der Waals surface area (Å²) in [5, 5.41) is 4.23. The highest BCUT2D eigenvalue weighted by Crippen LogP contribution is 2.25. The average Bonchev–Trinajstić information content (AvgIpc) is 3.33. The largest absolute Gasteiger partial charge is 0.377 e. The summed E-state index contributed by atoms with van der Waals surface area (Å²) in [5.74, 6) is 1.45. The summed E-state index contributed by atoms with van der Waals surface area (Å²) in [6.45, 7) is 3.47. The molecule has 2 aliphatic heterocycles. The molecule has 2 saturated heterocycles. The molecule has 8 nitrogen and oxygen atoms in total. The topological polar surface area (TPSA) is 76.4 Å². The van der Waals surface area contributed by atoms with Crippen LogP contribution in [0, 0.1) is 0 Å². The lowest BCUT2D eigenvalue weighted by Crippen LogP contribution is -2.44. The molecule has 4 rings (SSSR count). The number of aryl methyl sites for hydroxylation is 1. The molecule has 2 aromatic heterocycles. The number of hydrogen-bond acceptors (Lipinski definition) is 6. The summed E-state index contributed by atoms with van der Waals surface area (Å²) in [5.41, 5.74) is 0.435. The number of morpholine rings is 1. The van der Waals surface area contributed by atoms with E-state index in [1.807, 2.05) is 6.07 Å². The molecule has 0 bridgehead atoms. The zero-order valence-electron chi connectivity index (χ0n) is 14.3. The van der Waals surface area contributed by atoms with Crippen LogP contribution in [0.3, 0.4) is 0 Å². The minimum Gasteiger partial charge on any atom is -0.377 e. The first-order chi connectivity index (χ1) is 12.2. The van der Waals surface area contributed by atoms with Crippen LogP contribution in [0.5, 0.6) is 0 Å². The minimum absolute atomic E-state index is 0.107. The number of anilines is 1. The maximum absolute atomic E-state index is 12.9. The SMILES string of the molecule is Cn1ccc(C(=O)N2CCOCC2c2nccc(N3CCCC3)n2)n1. The van der Waals surface area contributed by atoms with Crippen LogP contribution in [0.15, 0.2) is 24.5 Å². The molecule has 0 N–H and O–H groups in total. The van der Waals surface area contributed by atoms with E-state index < -0.39 is 0 Å². The molecule has 1 amide bonds. The Morgan fingerprint density at radius 3 is 2.84 bits per heavy atom. The van der Waals surface area contributed by atoms with Gasteiger partial charge in [0.2, 0.25) is 0 Å². The van der Waals surface area contributed by atoms with Gasteiger partial charge in [-0.05, 0) is 25.0 Å². The van der Waals surface area contributed by atoms with Gasteiger partial charge in [0, 0.05) is 39.1 Å². The number of nitrogens with zero attached hydrogens (tertiary/aromatic N) is 6. The van der Waals surface area contributed by atoms with Gasteiger partial charge in [0.25, 0.3) is 5.91 Å². The zero-order chi connectivity index (χ0) is 17.2. The van der Waals surface area contributed by atoms with Crippen molar-refractivity contribution in [1.29, 1.82) is 0 Å². The summed E-state index contributed by atoms with van der Waals surface area (Å²) in [6, 6.07) is 3.38. The molecule has 132 valence electrons. The average molecular weight is 342 g/mol. The lowest BCUT2D eigenvalue weighted by Gasteiger charge is -2.34. The quantitative estimate of drug-likeness (QED) is 0.829. The van der Waals surface area contributed by atoms with E-state index in [0.29, 0.717) is 31.3 Å². The fourth-order valence-electron chi connectivity index (χ4n) is 3.38. The lowest BCUT2D eigenvalue weighted by molar-refractivity contribution is -0.00554. The molecule has 0 saturated carbocycles. The molecular weight excluding hydrogens is 320 g/mol. The van der Waals surface area contributed by atoms with Gasteiger partial charge >= 0.3 is 0 Å². The minimum atomic E-state index is -0.286. The fourth-order valence-corrected chi connectivity index (χ4v) is 3.38. The normalized spacial score (nSPS) is 20.9. The number of carbonyl (C=O) groups excluding carboxylic acids is 1. The Hall–Kier alpha value is -2.48. The number of hydrogen-bond donors (Lipinski definition) is 0. The van der Waals surface area contributed by atoms with E-state index in [-0.39, 0.29) is 11.9 Å². The summed E-state index contributed by atoms with van der Waals surface area (Å²) in [4.78, 5) is 26.1. The second kappa shape index (κ2) is 6.79. The predicted octanol–water partition coefficient (Wildman–Crippen LogP) is 1.02. The second-order valence-corrected chi connectivity index (χ2v) is 6.43. The van der Waals surface area contributed by atoms with Crippen molar-refractivity contribution in [1.82, 2.24) is 24.6 Å². The Morgan fingerprint density at radius 2 is 2.08 bits per heavy atom. The van der Waals surface area contributed by atoms with Crippen molar-refractivity contribution >= 4 is 11.7 Å². The Kier molecular flexibility index (Phi) is 4.35. The van der Waals surface area contributed by atoms with Gasteiger partial charge in [-0.25, -0.2) is 9.97 Å². The molecule has 2 aliphatic rings. The first-order valence-electron chi connectivity index (χ1n) is 8.68. The van der Waals surface area contributed by atoms with Crippen LogP contribution in [-0.4, -0.2) is 63.4 Å². The van der Waals surface area contributed by atoms with Gasteiger partial charge in [-0.1, -0.05) is 0 Å². The van der Waals surface area contributed by atoms with Gasteiger partial charge < -0.3 is 14.5 Å². The third-order valence-corrected chi connectivity index (χ3v) is 4.71. The summed E-state index contributed by atoms with van der Waals surface area (Å²) >= 11 is 0. The fraction of sp³-hybridized carbons (Fsp3) is 0.529. The van der Waals surface area contributed by atoms with E-state index in [1.165, 1.54) is 12.8 Å². The molecule has 25 heavy (non-hydrogen) atoms. The second-order valence-electron chi connectivity index (χ2n) is 6.43. The van der Waals surface area contributed by atoms with E-state index in [2.05, 4.69) is 15.0 Å². The highest BCUT2D eigenvalue weighted by atomic mass is 16.5. The third kappa shape index (κ3) is 3.21. The molecule has 8 heteroatoms. The number of aromatic nitrogens is 4. The maximum Gasteiger partial charge on any atom is 0.275 e. The van der Waals surface area contributed by atoms with E-state index in [9.17, 15) is 4.79 Å². The van der Waals surface area contributed by atoms with Crippen LogP contribution in [0.1, 0.15) is 35.2 Å². The first-order valence-corrected chi connectivity index (χ1v) is 8.68. The molecule has 1 unspecified atom stereocenters. The number of ether oxygens (including phenoxy) is 1. The summed E-state index contributed by atoms with van der Waals surface area (Å²) in [7, 11) is 1.80. The van der Waals surface area contributed by atoms with Gasteiger partial charge in [0.1, 0.15) is 17.6 Å². The smallest absolute Gasteiger partial charge is 0.275 e. The number of rotatable bonds is 3. The van der Waals surface area contributed by atoms with Crippen molar-refractivity contribution in [2.24, 2.45) is 7.05 Å². The van der Waals surface area contributed by atoms with E-state index in [4.69, 9.17) is 9.72 Å². The maximum atomic E-state index is 12.9. The van der Waals surface area contributed by atoms with Crippen molar-refractivity contribution in [2.45, 2.75) is 18.9 Å². The molecule has 0 spiro atoms. The van der Waals surface area contributed by atoms with Crippen molar-refractivity contribution < 1.29 is 9.53 Å². The van der Waals surface area contributed by atoms with Gasteiger partial charge in [-0.3, -0.25) is 9.48 Å². The molecule has 0 aliphatic carbocycles. The van der Waals surface area contributed by atoms with Gasteiger partial charge in [-0.15, -0.1) is 0 Å². The summed E-state index contributed by atoms with van der Waals surface area (Å²) in [6.07, 6.45) is 5.92. The van der Waals surface area contributed by atoms with Crippen LogP contribution >= 0.6 is 0 Å². The highest BCUT2D eigenvalue weighted by Gasteiger charge is 2.32. The van der Waals surface area contributed by atoms with Crippen LogP contribution in [-0.2, 0) is 11.8 Å². The molecule has 0 radical (unpaired) electrons. The van der Waals surface area contributed by atoms with E-state index >= 15 is 0 Å². The Balaban J connectivity index is 1.60. The molecule has 2 fully saturated rings. The molecule has 0 aromatic carbocycles. The van der Waals surface area contributed by atoms with Crippen molar-refractivity contribution in [2.75, 3.05) is 37.7 Å².